The van der Waals surface area contributed by atoms with Crippen LogP contribution < -0.4 is 4.90 Å². The zero-order valence-corrected chi connectivity index (χ0v) is 19.3. The minimum absolute atomic E-state index is 0.0221. The molecular weight excluding hydrogens is 434 g/mol. The highest BCUT2D eigenvalue weighted by atomic mass is 32.1. The smallest absolute Gasteiger partial charge is 0.264 e. The molecule has 0 N–H and O–H groups in total. The molecule has 7 nitrogen and oxygen atoms in total. The zero-order chi connectivity index (χ0) is 22.6. The number of carbonyl (C=O) groups excluding carboxylic acids is 2. The van der Waals surface area contributed by atoms with E-state index in [0.29, 0.717) is 24.5 Å². The standard InChI is InChI=1S/C25H27N5O2S/c31-24(18-30(20-9-10-20)25(32)22-8-4-17-33-22)29-14-5-13-28(15-16-29)23-12-11-21(26-27-23)19-6-2-1-3-7-19/h1-4,6-8,11-12,17,20H,5,9-10,13-16,18H2. The molecule has 0 radical (unpaired) electrons. The maximum Gasteiger partial charge on any atom is 0.264 e. The van der Waals surface area contributed by atoms with Crippen LogP contribution in [0.15, 0.2) is 60.0 Å². The summed E-state index contributed by atoms with van der Waals surface area (Å²) >= 11 is 1.43. The van der Waals surface area contributed by atoms with E-state index in [1.807, 2.05) is 64.9 Å². The summed E-state index contributed by atoms with van der Waals surface area (Å²) in [7, 11) is 0. The first-order chi connectivity index (χ1) is 16.2. The fraction of sp³-hybridized carbons (Fsp3) is 0.360. The van der Waals surface area contributed by atoms with Gasteiger partial charge < -0.3 is 14.7 Å². The zero-order valence-electron chi connectivity index (χ0n) is 18.5. The van der Waals surface area contributed by atoms with Crippen LogP contribution in [-0.4, -0.2) is 70.6 Å². The van der Waals surface area contributed by atoms with E-state index in [-0.39, 0.29) is 24.4 Å². The van der Waals surface area contributed by atoms with E-state index in [0.717, 1.165) is 42.9 Å². The average Bonchev–Trinajstić information content (AvgIpc) is 3.61. The topological polar surface area (TPSA) is 69.6 Å². The SMILES string of the molecule is O=C(CN(C(=O)c1cccs1)C1CC1)N1CCCN(c2ccc(-c3ccccc3)nn2)CC1. The largest absolute Gasteiger partial charge is 0.353 e. The molecule has 0 unspecified atom stereocenters. The van der Waals surface area contributed by atoms with Gasteiger partial charge in [-0.25, -0.2) is 0 Å². The predicted octanol–water partition coefficient (Wildman–Crippen LogP) is 3.55. The monoisotopic (exact) mass is 461 g/mol. The molecule has 170 valence electrons. The molecular formula is C25H27N5O2S. The summed E-state index contributed by atoms with van der Waals surface area (Å²) in [5.41, 5.74) is 1.89. The Hall–Kier alpha value is -3.26. The number of thiophene rings is 1. The third-order valence-corrected chi connectivity index (χ3v) is 7.04. The van der Waals surface area contributed by atoms with E-state index in [9.17, 15) is 9.59 Å². The maximum atomic E-state index is 13.1. The molecule has 3 heterocycles. The Labute approximate surface area is 197 Å². The normalized spacial score (nSPS) is 16.4. The van der Waals surface area contributed by atoms with Gasteiger partial charge in [-0.1, -0.05) is 36.4 Å². The average molecular weight is 462 g/mol. The van der Waals surface area contributed by atoms with Gasteiger partial charge in [0.2, 0.25) is 5.91 Å². The first-order valence-corrected chi connectivity index (χ1v) is 12.3. The maximum absolute atomic E-state index is 13.1. The third-order valence-electron chi connectivity index (χ3n) is 6.18. The summed E-state index contributed by atoms with van der Waals surface area (Å²) in [6, 6.07) is 17.9. The van der Waals surface area contributed by atoms with E-state index < -0.39 is 0 Å². The highest BCUT2D eigenvalue weighted by Gasteiger charge is 2.35. The van der Waals surface area contributed by atoms with Gasteiger partial charge in [0.05, 0.1) is 10.6 Å². The van der Waals surface area contributed by atoms with Crippen molar-refractivity contribution in [3.63, 3.8) is 0 Å². The second-order valence-electron chi connectivity index (χ2n) is 8.51. The summed E-state index contributed by atoms with van der Waals surface area (Å²) in [6.07, 6.45) is 2.82. The van der Waals surface area contributed by atoms with Crippen LogP contribution in [0.2, 0.25) is 0 Å². The molecule has 1 aliphatic carbocycles. The first kappa shape index (κ1) is 21.6. The van der Waals surface area contributed by atoms with Gasteiger partial charge in [-0.15, -0.1) is 21.5 Å². The Kier molecular flexibility index (Phi) is 6.35. The van der Waals surface area contributed by atoms with Crippen LogP contribution >= 0.6 is 11.3 Å². The second-order valence-corrected chi connectivity index (χ2v) is 9.45. The molecule has 1 aromatic carbocycles. The number of hydrogen-bond donors (Lipinski definition) is 0. The Morgan fingerprint density at radius 3 is 2.48 bits per heavy atom. The molecule has 1 aliphatic heterocycles. The predicted molar refractivity (Wildman–Crippen MR) is 129 cm³/mol. The molecule has 8 heteroatoms. The van der Waals surface area contributed by atoms with Crippen LogP contribution in [0.1, 0.15) is 28.9 Å². The van der Waals surface area contributed by atoms with Crippen LogP contribution in [-0.2, 0) is 4.79 Å². The summed E-state index contributed by atoms with van der Waals surface area (Å²) in [5.74, 6) is 0.835. The van der Waals surface area contributed by atoms with E-state index in [4.69, 9.17) is 0 Å². The van der Waals surface area contributed by atoms with Crippen molar-refractivity contribution < 1.29 is 9.59 Å². The first-order valence-electron chi connectivity index (χ1n) is 11.5. The van der Waals surface area contributed by atoms with Crippen molar-refractivity contribution in [2.75, 3.05) is 37.6 Å². The number of anilines is 1. The lowest BCUT2D eigenvalue weighted by Crippen LogP contribution is -2.45. The van der Waals surface area contributed by atoms with Crippen molar-refractivity contribution >= 4 is 29.0 Å². The minimum Gasteiger partial charge on any atom is -0.353 e. The van der Waals surface area contributed by atoms with Gasteiger partial charge in [0.25, 0.3) is 5.91 Å². The van der Waals surface area contributed by atoms with Crippen molar-refractivity contribution in [3.8, 4) is 11.3 Å². The van der Waals surface area contributed by atoms with Crippen LogP contribution in [0.25, 0.3) is 11.3 Å². The van der Waals surface area contributed by atoms with Crippen molar-refractivity contribution in [1.82, 2.24) is 20.0 Å². The molecule has 1 saturated carbocycles. The molecule has 2 amide bonds. The molecule has 33 heavy (non-hydrogen) atoms. The van der Waals surface area contributed by atoms with Gasteiger partial charge >= 0.3 is 0 Å². The highest BCUT2D eigenvalue weighted by Crippen LogP contribution is 2.29. The van der Waals surface area contributed by atoms with Gasteiger partial charge in [0, 0.05) is 37.8 Å². The summed E-state index contributed by atoms with van der Waals surface area (Å²) < 4.78 is 0. The van der Waals surface area contributed by atoms with Gasteiger partial charge in [0.1, 0.15) is 6.54 Å². The van der Waals surface area contributed by atoms with Gasteiger partial charge in [0.15, 0.2) is 5.82 Å². The summed E-state index contributed by atoms with van der Waals surface area (Å²) in [4.78, 5) is 32.5. The second kappa shape index (κ2) is 9.70. The number of amides is 2. The molecule has 1 saturated heterocycles. The summed E-state index contributed by atoms with van der Waals surface area (Å²) in [5, 5.41) is 10.7. The quantitative estimate of drug-likeness (QED) is 0.562. The van der Waals surface area contributed by atoms with Crippen molar-refractivity contribution in [1.29, 1.82) is 0 Å². The van der Waals surface area contributed by atoms with Gasteiger partial charge in [-0.3, -0.25) is 9.59 Å². The van der Waals surface area contributed by atoms with Crippen LogP contribution in [0, 0.1) is 0 Å². The van der Waals surface area contributed by atoms with Crippen LogP contribution in [0.5, 0.6) is 0 Å². The van der Waals surface area contributed by atoms with Crippen LogP contribution in [0.3, 0.4) is 0 Å². The minimum atomic E-state index is -0.0221. The summed E-state index contributed by atoms with van der Waals surface area (Å²) in [6.45, 7) is 2.99. The Morgan fingerprint density at radius 2 is 1.79 bits per heavy atom. The van der Waals surface area contributed by atoms with Gasteiger partial charge in [-0.05, 0) is 42.8 Å². The molecule has 0 spiro atoms. The van der Waals surface area contributed by atoms with E-state index in [2.05, 4.69) is 15.1 Å². The number of rotatable bonds is 6. The third kappa shape index (κ3) is 5.06. The fourth-order valence-corrected chi connectivity index (χ4v) is 4.87. The fourth-order valence-electron chi connectivity index (χ4n) is 4.19. The number of hydrogen-bond acceptors (Lipinski definition) is 6. The van der Waals surface area contributed by atoms with Gasteiger partial charge in [-0.2, -0.15) is 0 Å². The van der Waals surface area contributed by atoms with E-state index >= 15 is 0 Å². The number of carbonyl (C=O) groups is 2. The molecule has 5 rings (SSSR count). The van der Waals surface area contributed by atoms with E-state index in [1.54, 1.807) is 4.90 Å². The lowest BCUT2D eigenvalue weighted by atomic mass is 10.1. The van der Waals surface area contributed by atoms with E-state index in [1.165, 1.54) is 11.3 Å². The molecule has 0 bridgehead atoms. The number of nitrogens with zero attached hydrogens (tertiary/aromatic N) is 5. The van der Waals surface area contributed by atoms with Crippen molar-refractivity contribution in [2.45, 2.75) is 25.3 Å². The number of aromatic nitrogens is 2. The Bertz CT molecular complexity index is 1080. The van der Waals surface area contributed by atoms with Crippen molar-refractivity contribution in [2.24, 2.45) is 0 Å². The number of benzene rings is 1. The molecule has 2 fully saturated rings. The lowest BCUT2D eigenvalue weighted by molar-refractivity contribution is -0.131. The Balaban J connectivity index is 1.20. The van der Waals surface area contributed by atoms with Crippen LogP contribution in [0.4, 0.5) is 5.82 Å². The lowest BCUT2D eigenvalue weighted by Gasteiger charge is -2.27. The molecule has 0 atom stereocenters. The molecule has 2 aliphatic rings. The Morgan fingerprint density at radius 1 is 0.939 bits per heavy atom. The molecule has 2 aromatic heterocycles. The molecule has 3 aromatic rings. The van der Waals surface area contributed by atoms with Crippen molar-refractivity contribution in [3.05, 3.63) is 64.9 Å². The highest BCUT2D eigenvalue weighted by molar-refractivity contribution is 7.12.